The number of quaternary nitrogens is 1. The highest BCUT2D eigenvalue weighted by molar-refractivity contribution is 5.91. The van der Waals surface area contributed by atoms with Gasteiger partial charge in [-0.3, -0.25) is 4.79 Å². The Bertz CT molecular complexity index is 533. The molecule has 1 aromatic rings. The lowest BCUT2D eigenvalue weighted by atomic mass is 10.2. The number of carbonyl (C=O) groups excluding carboxylic acids is 1. The summed E-state index contributed by atoms with van der Waals surface area (Å²) >= 11 is 0. The monoisotopic (exact) mass is 334 g/mol. The predicted octanol–water partition coefficient (Wildman–Crippen LogP) is 0.154. The van der Waals surface area contributed by atoms with Crippen LogP contribution in [-0.4, -0.2) is 64.1 Å². The van der Waals surface area contributed by atoms with Gasteiger partial charge in [0.15, 0.2) is 6.54 Å². The summed E-state index contributed by atoms with van der Waals surface area (Å²) in [6.45, 7) is 9.78. The SMILES string of the molecule is C[C@H]1C[NH+](CC(=O)Nc2ccc(N3CCOCC3)cc2)C[C@H](C)O1. The normalized spacial score (nSPS) is 27.8. The van der Waals surface area contributed by atoms with E-state index in [4.69, 9.17) is 9.47 Å². The second-order valence-electron chi connectivity index (χ2n) is 6.79. The molecule has 2 atom stereocenters. The lowest BCUT2D eigenvalue weighted by Crippen LogP contribution is -3.16. The fourth-order valence-electron chi connectivity index (χ4n) is 3.54. The van der Waals surface area contributed by atoms with Crippen molar-refractivity contribution >= 4 is 17.3 Å². The van der Waals surface area contributed by atoms with Crippen LogP contribution in [0.15, 0.2) is 24.3 Å². The van der Waals surface area contributed by atoms with E-state index in [1.807, 2.05) is 12.1 Å². The van der Waals surface area contributed by atoms with E-state index >= 15 is 0 Å². The quantitative estimate of drug-likeness (QED) is 0.823. The van der Waals surface area contributed by atoms with Gasteiger partial charge in [0.1, 0.15) is 25.3 Å². The summed E-state index contributed by atoms with van der Waals surface area (Å²) in [6, 6.07) is 8.07. The number of benzene rings is 1. The van der Waals surface area contributed by atoms with Crippen molar-refractivity contribution < 1.29 is 19.2 Å². The van der Waals surface area contributed by atoms with E-state index in [9.17, 15) is 4.79 Å². The van der Waals surface area contributed by atoms with E-state index in [-0.39, 0.29) is 18.1 Å². The number of hydrogen-bond acceptors (Lipinski definition) is 4. The maximum atomic E-state index is 12.3. The molecule has 132 valence electrons. The van der Waals surface area contributed by atoms with Gasteiger partial charge in [-0.2, -0.15) is 0 Å². The highest BCUT2D eigenvalue weighted by Crippen LogP contribution is 2.18. The first kappa shape index (κ1) is 17.2. The molecule has 6 heteroatoms. The standard InChI is InChI=1S/C18H27N3O3/c1-14-11-20(12-15(2)24-14)13-18(22)19-16-3-5-17(6-4-16)21-7-9-23-10-8-21/h3-6,14-15H,7-13H2,1-2H3,(H,19,22)/p+1/t14-,15-/m0/s1. The first-order valence-corrected chi connectivity index (χ1v) is 8.82. The molecule has 2 N–H and O–H groups in total. The maximum Gasteiger partial charge on any atom is 0.279 e. The van der Waals surface area contributed by atoms with Crippen molar-refractivity contribution in [3.8, 4) is 0 Å². The van der Waals surface area contributed by atoms with Gasteiger partial charge < -0.3 is 24.6 Å². The first-order chi connectivity index (χ1) is 11.6. The van der Waals surface area contributed by atoms with E-state index in [0.29, 0.717) is 6.54 Å². The van der Waals surface area contributed by atoms with Crippen LogP contribution in [0.25, 0.3) is 0 Å². The number of ether oxygens (including phenoxy) is 2. The number of nitrogens with zero attached hydrogens (tertiary/aromatic N) is 1. The number of amides is 1. The van der Waals surface area contributed by atoms with Gasteiger partial charge in [-0.15, -0.1) is 0 Å². The molecule has 2 fully saturated rings. The summed E-state index contributed by atoms with van der Waals surface area (Å²) in [7, 11) is 0. The van der Waals surface area contributed by atoms with Crippen molar-refractivity contribution in [3.63, 3.8) is 0 Å². The number of morpholine rings is 2. The number of rotatable bonds is 4. The third-order valence-corrected chi connectivity index (χ3v) is 4.55. The molecule has 24 heavy (non-hydrogen) atoms. The number of hydrogen-bond donors (Lipinski definition) is 2. The van der Waals surface area contributed by atoms with E-state index in [0.717, 1.165) is 45.1 Å². The van der Waals surface area contributed by atoms with Gasteiger partial charge in [0.2, 0.25) is 0 Å². The molecule has 3 rings (SSSR count). The van der Waals surface area contributed by atoms with Crippen LogP contribution in [0, 0.1) is 0 Å². The molecule has 0 spiro atoms. The lowest BCUT2D eigenvalue weighted by Gasteiger charge is -2.32. The minimum absolute atomic E-state index is 0.0606. The second-order valence-corrected chi connectivity index (χ2v) is 6.79. The van der Waals surface area contributed by atoms with E-state index in [1.54, 1.807) is 0 Å². The summed E-state index contributed by atoms with van der Waals surface area (Å²) in [5, 5.41) is 3.01. The zero-order valence-electron chi connectivity index (χ0n) is 14.6. The molecule has 2 aliphatic heterocycles. The largest absolute Gasteiger partial charge is 0.378 e. The van der Waals surface area contributed by atoms with Crippen LogP contribution in [0.2, 0.25) is 0 Å². The van der Waals surface area contributed by atoms with E-state index < -0.39 is 0 Å². The van der Waals surface area contributed by atoms with Gasteiger partial charge in [0, 0.05) is 24.5 Å². The highest BCUT2D eigenvalue weighted by Gasteiger charge is 2.27. The van der Waals surface area contributed by atoms with Crippen molar-refractivity contribution in [2.24, 2.45) is 0 Å². The van der Waals surface area contributed by atoms with Crippen molar-refractivity contribution in [2.45, 2.75) is 26.1 Å². The molecule has 2 aliphatic rings. The van der Waals surface area contributed by atoms with Crippen LogP contribution >= 0.6 is 0 Å². The van der Waals surface area contributed by atoms with Gasteiger partial charge in [0.05, 0.1) is 13.2 Å². The fourth-order valence-corrected chi connectivity index (χ4v) is 3.54. The van der Waals surface area contributed by atoms with E-state index in [2.05, 4.69) is 36.2 Å². The van der Waals surface area contributed by atoms with Gasteiger partial charge in [-0.1, -0.05) is 0 Å². The number of anilines is 2. The molecule has 6 nitrogen and oxygen atoms in total. The molecule has 0 bridgehead atoms. The molecule has 2 saturated heterocycles. The molecule has 2 heterocycles. The third-order valence-electron chi connectivity index (χ3n) is 4.55. The van der Waals surface area contributed by atoms with Gasteiger partial charge >= 0.3 is 0 Å². The van der Waals surface area contributed by atoms with Crippen molar-refractivity contribution in [2.75, 3.05) is 56.2 Å². The molecular formula is C18H28N3O3+. The van der Waals surface area contributed by atoms with Crippen molar-refractivity contribution in [3.05, 3.63) is 24.3 Å². The van der Waals surface area contributed by atoms with Crippen LogP contribution in [-0.2, 0) is 14.3 Å². The Morgan fingerprint density at radius 2 is 1.79 bits per heavy atom. The van der Waals surface area contributed by atoms with Crippen molar-refractivity contribution in [1.82, 2.24) is 0 Å². The Hall–Kier alpha value is -1.63. The van der Waals surface area contributed by atoms with Crippen molar-refractivity contribution in [1.29, 1.82) is 0 Å². The summed E-state index contributed by atoms with van der Waals surface area (Å²) in [5.41, 5.74) is 2.03. The fraction of sp³-hybridized carbons (Fsp3) is 0.611. The minimum Gasteiger partial charge on any atom is -0.378 e. The van der Waals surface area contributed by atoms with Crippen LogP contribution in [0.1, 0.15) is 13.8 Å². The first-order valence-electron chi connectivity index (χ1n) is 8.82. The molecule has 0 aromatic heterocycles. The van der Waals surface area contributed by atoms with Crippen LogP contribution in [0.4, 0.5) is 11.4 Å². The van der Waals surface area contributed by atoms with Crippen LogP contribution in [0.3, 0.4) is 0 Å². The maximum absolute atomic E-state index is 12.3. The lowest BCUT2D eigenvalue weighted by molar-refractivity contribution is -0.907. The smallest absolute Gasteiger partial charge is 0.279 e. The Kier molecular flexibility index (Phi) is 5.71. The molecule has 0 unspecified atom stereocenters. The zero-order valence-corrected chi connectivity index (χ0v) is 14.6. The van der Waals surface area contributed by atoms with Gasteiger partial charge in [-0.25, -0.2) is 0 Å². The number of nitrogens with one attached hydrogen (secondary N) is 2. The Morgan fingerprint density at radius 1 is 1.17 bits per heavy atom. The number of carbonyl (C=O) groups is 1. The Balaban J connectivity index is 1.50. The second kappa shape index (κ2) is 7.96. The molecule has 1 amide bonds. The van der Waals surface area contributed by atoms with Gasteiger partial charge in [-0.05, 0) is 38.1 Å². The zero-order chi connectivity index (χ0) is 16.9. The van der Waals surface area contributed by atoms with Gasteiger partial charge in [0.25, 0.3) is 5.91 Å². The summed E-state index contributed by atoms with van der Waals surface area (Å²) in [4.78, 5) is 15.9. The summed E-state index contributed by atoms with van der Waals surface area (Å²) < 4.78 is 11.1. The molecule has 1 aromatic carbocycles. The molecule has 0 aliphatic carbocycles. The average Bonchev–Trinajstić information content (AvgIpc) is 2.55. The van der Waals surface area contributed by atoms with Crippen LogP contribution < -0.4 is 15.1 Å². The molecule has 0 saturated carbocycles. The van der Waals surface area contributed by atoms with E-state index in [1.165, 1.54) is 10.6 Å². The molecule has 0 radical (unpaired) electrons. The predicted molar refractivity (Wildman–Crippen MR) is 93.7 cm³/mol. The highest BCUT2D eigenvalue weighted by atomic mass is 16.5. The average molecular weight is 334 g/mol. The Labute approximate surface area is 143 Å². The topological polar surface area (TPSA) is 55.2 Å². The van der Waals surface area contributed by atoms with Crippen LogP contribution in [0.5, 0.6) is 0 Å². The third kappa shape index (κ3) is 4.69. The minimum atomic E-state index is 0.0606. The Morgan fingerprint density at radius 3 is 2.42 bits per heavy atom. The molecular weight excluding hydrogens is 306 g/mol. The summed E-state index contributed by atoms with van der Waals surface area (Å²) in [5.74, 6) is 0.0606. The summed E-state index contributed by atoms with van der Waals surface area (Å²) in [6.07, 6.45) is 0.425.